The molecule has 3 aromatic rings. The van der Waals surface area contributed by atoms with Crippen molar-refractivity contribution in [3.63, 3.8) is 0 Å². The number of rotatable bonds is 10. The second kappa shape index (κ2) is 10.9. The van der Waals surface area contributed by atoms with Crippen molar-refractivity contribution in [2.75, 3.05) is 21.9 Å². The van der Waals surface area contributed by atoms with E-state index in [1.54, 1.807) is 23.7 Å². The number of hydrogen-bond donors (Lipinski definition) is 1. The first kappa shape index (κ1) is 24.1. The fraction of sp³-hybridized carbons (Fsp3) is 0.333. The summed E-state index contributed by atoms with van der Waals surface area (Å²) in [5.74, 6) is -0.0710. The first-order chi connectivity index (χ1) is 15.3. The lowest BCUT2D eigenvalue weighted by molar-refractivity contribution is -0.113. The van der Waals surface area contributed by atoms with Crippen LogP contribution in [0.2, 0.25) is 0 Å². The predicted octanol–water partition coefficient (Wildman–Crippen LogP) is 4.28. The fourth-order valence-electron chi connectivity index (χ4n) is 2.88. The minimum Gasteiger partial charge on any atom is -0.325 e. The number of hydrogen-bond acceptors (Lipinski definition) is 8. The number of thiazole rings is 1. The third-order valence-electron chi connectivity index (χ3n) is 4.37. The van der Waals surface area contributed by atoms with Crippen LogP contribution in [0.4, 0.5) is 10.8 Å². The molecule has 2 aromatic heterocycles. The molecule has 0 radical (unpaired) electrons. The quantitative estimate of drug-likeness (QED) is 0.333. The molecule has 8 nitrogen and oxygen atoms in total. The van der Waals surface area contributed by atoms with Gasteiger partial charge in [-0.3, -0.25) is 4.79 Å². The van der Waals surface area contributed by atoms with E-state index in [0.29, 0.717) is 22.5 Å². The van der Waals surface area contributed by atoms with E-state index in [0.717, 1.165) is 24.2 Å². The van der Waals surface area contributed by atoms with Gasteiger partial charge in [0, 0.05) is 35.2 Å². The Morgan fingerprint density at radius 1 is 1.16 bits per heavy atom. The van der Waals surface area contributed by atoms with Crippen LogP contribution in [0.3, 0.4) is 0 Å². The lowest BCUT2D eigenvalue weighted by atomic mass is 10.3. The third-order valence-corrected chi connectivity index (χ3v) is 7.93. The molecule has 32 heavy (non-hydrogen) atoms. The maximum Gasteiger partial charge on any atom is 0.266 e. The normalized spacial score (nSPS) is 11.3. The van der Waals surface area contributed by atoms with Gasteiger partial charge in [-0.05, 0) is 50.6 Å². The van der Waals surface area contributed by atoms with Gasteiger partial charge < -0.3 is 5.32 Å². The van der Waals surface area contributed by atoms with Gasteiger partial charge in [0.05, 0.1) is 10.6 Å². The highest BCUT2D eigenvalue weighted by molar-refractivity contribution is 7.99. The van der Waals surface area contributed by atoms with Crippen molar-refractivity contribution >= 4 is 49.8 Å². The third kappa shape index (κ3) is 6.27. The maximum atomic E-state index is 13.2. The average molecular weight is 492 g/mol. The largest absolute Gasteiger partial charge is 0.325 e. The van der Waals surface area contributed by atoms with Crippen LogP contribution < -0.4 is 9.62 Å². The number of amides is 1. The smallest absolute Gasteiger partial charge is 0.266 e. The number of aromatic nitrogens is 3. The van der Waals surface area contributed by atoms with Crippen LogP contribution in [0.25, 0.3) is 0 Å². The molecular weight excluding hydrogens is 466 g/mol. The standard InChI is InChI=1S/C21H25N5O3S3/c1-4-5-11-26(21-22-10-12-30-21)32(28,29)18-8-6-17(7-9-18)25-19(27)14-31-20-23-15(2)13-16(3)24-20/h6-10,12-13H,4-5,11,14H2,1-3H3,(H,25,27). The number of nitrogens with zero attached hydrogens (tertiary/aromatic N) is 4. The molecule has 2 heterocycles. The van der Waals surface area contributed by atoms with Crippen LogP contribution in [0, 0.1) is 13.8 Å². The second-order valence-corrected chi connectivity index (χ2v) is 10.7. The van der Waals surface area contributed by atoms with E-state index in [2.05, 4.69) is 20.3 Å². The van der Waals surface area contributed by atoms with E-state index < -0.39 is 10.0 Å². The number of unbranched alkanes of at least 4 members (excludes halogenated alkanes) is 1. The summed E-state index contributed by atoms with van der Waals surface area (Å²) in [6.45, 7) is 6.13. The van der Waals surface area contributed by atoms with Crippen LogP contribution in [0.1, 0.15) is 31.2 Å². The molecular formula is C21H25N5O3S3. The Hall–Kier alpha value is -2.50. The van der Waals surface area contributed by atoms with Gasteiger partial charge in [0.1, 0.15) is 0 Å². The summed E-state index contributed by atoms with van der Waals surface area (Å²) in [6, 6.07) is 8.04. The van der Waals surface area contributed by atoms with Crippen LogP contribution in [-0.2, 0) is 14.8 Å². The molecule has 0 aliphatic heterocycles. The van der Waals surface area contributed by atoms with E-state index in [1.165, 1.54) is 39.5 Å². The van der Waals surface area contributed by atoms with Crippen molar-refractivity contribution < 1.29 is 13.2 Å². The van der Waals surface area contributed by atoms with Gasteiger partial charge in [0.25, 0.3) is 10.0 Å². The van der Waals surface area contributed by atoms with E-state index >= 15 is 0 Å². The molecule has 0 fully saturated rings. The monoisotopic (exact) mass is 491 g/mol. The zero-order valence-electron chi connectivity index (χ0n) is 18.1. The molecule has 0 aliphatic rings. The second-order valence-electron chi connectivity index (χ2n) is 7.04. The van der Waals surface area contributed by atoms with Gasteiger partial charge in [-0.2, -0.15) is 0 Å². The summed E-state index contributed by atoms with van der Waals surface area (Å²) in [4.78, 5) is 25.2. The summed E-state index contributed by atoms with van der Waals surface area (Å²) in [6.07, 6.45) is 3.19. The predicted molar refractivity (Wildman–Crippen MR) is 129 cm³/mol. The Labute approximate surface area is 196 Å². The van der Waals surface area contributed by atoms with E-state index in [1.807, 2.05) is 26.8 Å². The molecule has 0 saturated carbocycles. The summed E-state index contributed by atoms with van der Waals surface area (Å²) in [7, 11) is -3.75. The van der Waals surface area contributed by atoms with Crippen LogP contribution >= 0.6 is 23.1 Å². The van der Waals surface area contributed by atoms with Crippen molar-refractivity contribution in [2.24, 2.45) is 0 Å². The van der Waals surface area contributed by atoms with Crippen LogP contribution in [-0.4, -0.2) is 41.6 Å². The highest BCUT2D eigenvalue weighted by Gasteiger charge is 2.26. The highest BCUT2D eigenvalue weighted by Crippen LogP contribution is 2.27. The molecule has 3 rings (SSSR count). The van der Waals surface area contributed by atoms with E-state index in [-0.39, 0.29) is 16.6 Å². The van der Waals surface area contributed by atoms with Gasteiger partial charge in [-0.1, -0.05) is 25.1 Å². The molecule has 0 spiro atoms. The summed E-state index contributed by atoms with van der Waals surface area (Å²) >= 11 is 2.54. The van der Waals surface area contributed by atoms with Crippen molar-refractivity contribution in [2.45, 2.75) is 43.7 Å². The fourth-order valence-corrected chi connectivity index (χ4v) is 5.99. The summed E-state index contributed by atoms with van der Waals surface area (Å²) in [5, 5.41) is 5.53. The molecule has 0 aliphatic carbocycles. The lowest BCUT2D eigenvalue weighted by Gasteiger charge is -2.21. The minimum atomic E-state index is -3.75. The molecule has 1 N–H and O–H groups in total. The molecule has 170 valence electrons. The lowest BCUT2D eigenvalue weighted by Crippen LogP contribution is -2.32. The van der Waals surface area contributed by atoms with Gasteiger partial charge in [-0.25, -0.2) is 27.7 Å². The number of carbonyl (C=O) groups excluding carboxylic acids is 1. The Kier molecular flexibility index (Phi) is 8.21. The topological polar surface area (TPSA) is 105 Å². The van der Waals surface area contributed by atoms with E-state index in [4.69, 9.17) is 0 Å². The maximum absolute atomic E-state index is 13.2. The number of sulfonamides is 1. The molecule has 0 atom stereocenters. The van der Waals surface area contributed by atoms with Gasteiger partial charge in [-0.15, -0.1) is 11.3 Å². The Balaban J connectivity index is 1.66. The molecule has 0 bridgehead atoms. The SMILES string of the molecule is CCCCN(c1nccs1)S(=O)(=O)c1ccc(NC(=O)CSc2nc(C)cc(C)n2)cc1. The van der Waals surface area contributed by atoms with Crippen LogP contribution in [0.5, 0.6) is 0 Å². The van der Waals surface area contributed by atoms with Crippen molar-refractivity contribution in [1.29, 1.82) is 0 Å². The van der Waals surface area contributed by atoms with Crippen molar-refractivity contribution in [3.05, 3.63) is 53.3 Å². The number of aryl methyl sites for hydroxylation is 2. The van der Waals surface area contributed by atoms with Crippen LogP contribution in [0.15, 0.2) is 52.0 Å². The minimum absolute atomic E-state index is 0.151. The number of nitrogens with one attached hydrogen (secondary N) is 1. The first-order valence-corrected chi connectivity index (χ1v) is 13.4. The highest BCUT2D eigenvalue weighted by atomic mass is 32.2. The molecule has 0 unspecified atom stereocenters. The number of anilines is 2. The summed E-state index contributed by atoms with van der Waals surface area (Å²) in [5.41, 5.74) is 2.22. The van der Waals surface area contributed by atoms with Crippen molar-refractivity contribution in [3.8, 4) is 0 Å². The van der Waals surface area contributed by atoms with Gasteiger partial charge in [0.2, 0.25) is 5.91 Å². The Bertz CT molecular complexity index is 1130. The van der Waals surface area contributed by atoms with Crippen molar-refractivity contribution in [1.82, 2.24) is 15.0 Å². The molecule has 0 saturated heterocycles. The Morgan fingerprint density at radius 3 is 2.44 bits per heavy atom. The molecule has 1 amide bonds. The zero-order chi connectivity index (χ0) is 23.1. The average Bonchev–Trinajstić information content (AvgIpc) is 3.26. The first-order valence-electron chi connectivity index (χ1n) is 10.1. The molecule has 11 heteroatoms. The molecule has 1 aromatic carbocycles. The number of carbonyl (C=O) groups is 1. The van der Waals surface area contributed by atoms with Gasteiger partial charge in [0.15, 0.2) is 10.3 Å². The summed E-state index contributed by atoms with van der Waals surface area (Å²) < 4.78 is 27.7. The van der Waals surface area contributed by atoms with Gasteiger partial charge >= 0.3 is 0 Å². The number of thioether (sulfide) groups is 1. The Morgan fingerprint density at radius 2 is 1.84 bits per heavy atom. The zero-order valence-corrected chi connectivity index (χ0v) is 20.6. The number of benzene rings is 1. The van der Waals surface area contributed by atoms with E-state index in [9.17, 15) is 13.2 Å².